The molecule has 0 saturated heterocycles. The van der Waals surface area contributed by atoms with E-state index in [1.807, 2.05) is 24.3 Å². The first-order valence-corrected chi connectivity index (χ1v) is 8.92. The van der Waals surface area contributed by atoms with Crippen molar-refractivity contribution in [3.05, 3.63) is 72.3 Å². The van der Waals surface area contributed by atoms with Crippen molar-refractivity contribution in [1.29, 1.82) is 0 Å². The molecule has 130 valence electrons. The fourth-order valence-corrected chi connectivity index (χ4v) is 3.81. The molecule has 0 aliphatic heterocycles. The Morgan fingerprint density at radius 2 is 1.92 bits per heavy atom. The Bertz CT molecular complexity index is 1050. The molecule has 1 N–H and O–H groups in total. The number of benzene rings is 2. The summed E-state index contributed by atoms with van der Waals surface area (Å²) in [6.07, 6.45) is 1.55. The molecular formula is C20H16FN3OS. The molecule has 0 aliphatic carbocycles. The van der Waals surface area contributed by atoms with E-state index in [9.17, 15) is 4.39 Å². The van der Waals surface area contributed by atoms with Gasteiger partial charge >= 0.3 is 0 Å². The quantitative estimate of drug-likeness (QED) is 0.533. The van der Waals surface area contributed by atoms with Gasteiger partial charge in [0.1, 0.15) is 28.5 Å². The number of thiophene rings is 1. The maximum atomic E-state index is 13.5. The third kappa shape index (κ3) is 3.23. The van der Waals surface area contributed by atoms with Gasteiger partial charge in [0, 0.05) is 23.1 Å². The van der Waals surface area contributed by atoms with Crippen molar-refractivity contribution in [2.24, 2.45) is 0 Å². The Morgan fingerprint density at radius 3 is 2.73 bits per heavy atom. The maximum Gasteiger partial charge on any atom is 0.138 e. The molecule has 4 nitrogen and oxygen atoms in total. The van der Waals surface area contributed by atoms with Gasteiger partial charge in [-0.15, -0.1) is 11.3 Å². The molecule has 4 rings (SSSR count). The number of hydrogen-bond acceptors (Lipinski definition) is 5. The average Bonchev–Trinajstić information content (AvgIpc) is 3.11. The number of nitrogens with one attached hydrogen (secondary N) is 1. The predicted octanol–water partition coefficient (Wildman–Crippen LogP) is 5.12. The summed E-state index contributed by atoms with van der Waals surface area (Å²) < 4.78 is 18.8. The third-order valence-corrected chi connectivity index (χ3v) is 5.14. The van der Waals surface area contributed by atoms with Crippen molar-refractivity contribution >= 4 is 27.4 Å². The van der Waals surface area contributed by atoms with Crippen molar-refractivity contribution in [1.82, 2.24) is 9.97 Å². The van der Waals surface area contributed by atoms with Crippen LogP contribution in [0.5, 0.6) is 5.75 Å². The summed E-state index contributed by atoms with van der Waals surface area (Å²) in [6.45, 7) is 0.679. The van der Waals surface area contributed by atoms with Crippen LogP contribution in [0.1, 0.15) is 5.56 Å². The van der Waals surface area contributed by atoms with Gasteiger partial charge in [-0.25, -0.2) is 14.4 Å². The number of methoxy groups -OCH3 is 1. The summed E-state index contributed by atoms with van der Waals surface area (Å²) in [6, 6.07) is 16.7. The van der Waals surface area contributed by atoms with E-state index in [4.69, 9.17) is 4.74 Å². The topological polar surface area (TPSA) is 47.0 Å². The van der Waals surface area contributed by atoms with E-state index in [0.717, 1.165) is 26.5 Å². The van der Waals surface area contributed by atoms with E-state index in [1.165, 1.54) is 36.1 Å². The number of halogens is 1. The molecule has 6 heteroatoms. The molecule has 0 spiro atoms. The molecular weight excluding hydrogens is 349 g/mol. The number of fused-ring (bicyclic) bond motifs is 1. The van der Waals surface area contributed by atoms with Crippen molar-refractivity contribution in [2.45, 2.75) is 6.54 Å². The van der Waals surface area contributed by atoms with E-state index in [1.54, 1.807) is 12.4 Å². The lowest BCUT2D eigenvalue weighted by Crippen LogP contribution is -2.01. The van der Waals surface area contributed by atoms with Gasteiger partial charge in [-0.1, -0.05) is 30.3 Å². The SMILES string of the molecule is COc1cc(F)ccc1-c1cc2c(NCc3ccccc3)ncnc2s1. The number of hydrogen-bond donors (Lipinski definition) is 1. The minimum Gasteiger partial charge on any atom is -0.496 e. The Morgan fingerprint density at radius 1 is 1.08 bits per heavy atom. The monoisotopic (exact) mass is 365 g/mol. The zero-order valence-corrected chi connectivity index (χ0v) is 14.9. The van der Waals surface area contributed by atoms with E-state index in [0.29, 0.717) is 12.3 Å². The highest BCUT2D eigenvalue weighted by Gasteiger charge is 2.14. The first kappa shape index (κ1) is 16.5. The number of ether oxygens (including phenoxy) is 1. The van der Waals surface area contributed by atoms with Crippen LogP contribution < -0.4 is 10.1 Å². The molecule has 2 aromatic heterocycles. The number of rotatable bonds is 5. The predicted molar refractivity (Wildman–Crippen MR) is 103 cm³/mol. The molecule has 0 unspecified atom stereocenters. The maximum absolute atomic E-state index is 13.5. The fraction of sp³-hybridized carbons (Fsp3) is 0.100. The van der Waals surface area contributed by atoms with Gasteiger partial charge in [0.05, 0.1) is 12.5 Å². The molecule has 4 aromatic rings. The standard InChI is InChI=1S/C20H16FN3OS/c1-25-17-9-14(21)7-8-15(17)18-10-16-19(23-12-24-20(16)26-18)22-11-13-5-3-2-4-6-13/h2-10,12H,11H2,1H3,(H,22,23,24). The molecule has 0 amide bonds. The lowest BCUT2D eigenvalue weighted by Gasteiger charge is -2.06. The van der Waals surface area contributed by atoms with Crippen LogP contribution in [0.15, 0.2) is 60.9 Å². The Kier molecular flexibility index (Phi) is 4.50. The number of anilines is 1. The van der Waals surface area contributed by atoms with Crippen molar-refractivity contribution in [3.8, 4) is 16.2 Å². The van der Waals surface area contributed by atoms with Gasteiger partial charge in [-0.05, 0) is 23.8 Å². The van der Waals surface area contributed by atoms with Crippen LogP contribution in [0.25, 0.3) is 20.7 Å². The van der Waals surface area contributed by atoms with Gasteiger partial charge in [0.25, 0.3) is 0 Å². The van der Waals surface area contributed by atoms with Gasteiger partial charge in [-0.2, -0.15) is 0 Å². The summed E-state index contributed by atoms with van der Waals surface area (Å²) >= 11 is 1.53. The van der Waals surface area contributed by atoms with Crippen LogP contribution in [0.4, 0.5) is 10.2 Å². The van der Waals surface area contributed by atoms with Gasteiger partial charge in [-0.3, -0.25) is 0 Å². The summed E-state index contributed by atoms with van der Waals surface area (Å²) in [5, 5.41) is 4.31. The zero-order chi connectivity index (χ0) is 17.9. The van der Waals surface area contributed by atoms with Crippen LogP contribution in [0, 0.1) is 5.82 Å². The van der Waals surface area contributed by atoms with E-state index in [2.05, 4.69) is 27.4 Å². The van der Waals surface area contributed by atoms with Crippen LogP contribution in [0.2, 0.25) is 0 Å². The second-order valence-corrected chi connectivity index (χ2v) is 6.77. The van der Waals surface area contributed by atoms with Gasteiger partial charge in [0.2, 0.25) is 0 Å². The highest BCUT2D eigenvalue weighted by atomic mass is 32.1. The zero-order valence-electron chi connectivity index (χ0n) is 14.1. The van der Waals surface area contributed by atoms with Crippen molar-refractivity contribution < 1.29 is 9.13 Å². The lowest BCUT2D eigenvalue weighted by molar-refractivity contribution is 0.413. The Hall–Kier alpha value is -2.99. The molecule has 0 fully saturated rings. The summed E-state index contributed by atoms with van der Waals surface area (Å²) in [4.78, 5) is 10.6. The largest absolute Gasteiger partial charge is 0.496 e. The average molecular weight is 365 g/mol. The second kappa shape index (κ2) is 7.09. The second-order valence-electron chi connectivity index (χ2n) is 5.74. The van der Waals surface area contributed by atoms with Crippen LogP contribution >= 0.6 is 11.3 Å². The van der Waals surface area contributed by atoms with Crippen LogP contribution in [0.3, 0.4) is 0 Å². The van der Waals surface area contributed by atoms with Gasteiger partial charge < -0.3 is 10.1 Å². The molecule has 2 aromatic carbocycles. The Labute approximate surface area is 154 Å². The molecule has 0 aliphatic rings. The first-order chi connectivity index (χ1) is 12.7. The molecule has 0 atom stereocenters. The highest BCUT2D eigenvalue weighted by molar-refractivity contribution is 7.22. The summed E-state index contributed by atoms with van der Waals surface area (Å²) in [7, 11) is 1.54. The number of aromatic nitrogens is 2. The lowest BCUT2D eigenvalue weighted by atomic mass is 10.1. The molecule has 2 heterocycles. The Balaban J connectivity index is 1.70. The minimum absolute atomic E-state index is 0.322. The summed E-state index contributed by atoms with van der Waals surface area (Å²) in [5.74, 6) is 0.961. The molecule has 0 saturated carbocycles. The van der Waals surface area contributed by atoms with Gasteiger partial charge in [0.15, 0.2) is 0 Å². The van der Waals surface area contributed by atoms with E-state index >= 15 is 0 Å². The molecule has 0 bridgehead atoms. The minimum atomic E-state index is -0.322. The first-order valence-electron chi connectivity index (χ1n) is 8.11. The summed E-state index contributed by atoms with van der Waals surface area (Å²) in [5.41, 5.74) is 2.01. The molecule has 0 radical (unpaired) electrons. The smallest absolute Gasteiger partial charge is 0.138 e. The van der Waals surface area contributed by atoms with Crippen molar-refractivity contribution in [3.63, 3.8) is 0 Å². The number of nitrogens with zero attached hydrogens (tertiary/aromatic N) is 2. The molecule has 26 heavy (non-hydrogen) atoms. The van der Waals surface area contributed by atoms with E-state index < -0.39 is 0 Å². The van der Waals surface area contributed by atoms with Crippen molar-refractivity contribution in [2.75, 3.05) is 12.4 Å². The third-order valence-electron chi connectivity index (χ3n) is 4.06. The highest BCUT2D eigenvalue weighted by Crippen LogP contribution is 2.39. The normalized spacial score (nSPS) is 10.8. The van der Waals surface area contributed by atoms with E-state index in [-0.39, 0.29) is 5.82 Å². The van der Waals surface area contributed by atoms with Crippen LogP contribution in [-0.4, -0.2) is 17.1 Å². The fourth-order valence-electron chi connectivity index (χ4n) is 2.78. The van der Waals surface area contributed by atoms with Crippen LogP contribution in [-0.2, 0) is 6.54 Å².